The Bertz CT molecular complexity index is 613. The van der Waals surface area contributed by atoms with Gasteiger partial charge in [-0.15, -0.1) is 0 Å². The number of halogens is 1. The van der Waals surface area contributed by atoms with Gasteiger partial charge in [0.25, 0.3) is 0 Å². The molecule has 1 aromatic carbocycles. The summed E-state index contributed by atoms with van der Waals surface area (Å²) < 4.78 is 39.0. The molecule has 0 unspecified atom stereocenters. The van der Waals surface area contributed by atoms with Crippen LogP contribution < -0.4 is 0 Å². The highest BCUT2D eigenvalue weighted by molar-refractivity contribution is 7.89. The van der Waals surface area contributed by atoms with Crippen LogP contribution in [0.25, 0.3) is 0 Å². The summed E-state index contributed by atoms with van der Waals surface area (Å²) in [6.07, 6.45) is 0. The van der Waals surface area contributed by atoms with Crippen LogP contribution in [0.15, 0.2) is 23.1 Å². The van der Waals surface area contributed by atoms with Gasteiger partial charge in [-0.1, -0.05) is 20.8 Å². The Hall–Kier alpha value is -1.45. The number of hydrogen-bond donors (Lipinski definition) is 0. The van der Waals surface area contributed by atoms with E-state index >= 15 is 0 Å². The van der Waals surface area contributed by atoms with Crippen LogP contribution in [-0.2, 0) is 10.0 Å². The monoisotopic (exact) mass is 284 g/mol. The number of sulfonamides is 1. The van der Waals surface area contributed by atoms with Crippen molar-refractivity contribution in [2.45, 2.75) is 25.7 Å². The van der Waals surface area contributed by atoms with Crippen LogP contribution >= 0.6 is 0 Å². The van der Waals surface area contributed by atoms with Gasteiger partial charge in [0, 0.05) is 13.6 Å². The number of benzene rings is 1. The summed E-state index contributed by atoms with van der Waals surface area (Å²) in [5, 5.41) is 8.74. The van der Waals surface area contributed by atoms with Gasteiger partial charge in [0.1, 0.15) is 11.9 Å². The van der Waals surface area contributed by atoms with E-state index in [0.29, 0.717) is 6.54 Å². The van der Waals surface area contributed by atoms with Gasteiger partial charge in [0.05, 0.1) is 10.5 Å². The summed E-state index contributed by atoms with van der Waals surface area (Å²) in [6.45, 7) is 6.09. The highest BCUT2D eigenvalue weighted by Gasteiger charge is 2.25. The molecule has 0 aliphatic heterocycles. The molecule has 0 bridgehead atoms. The van der Waals surface area contributed by atoms with E-state index in [-0.39, 0.29) is 15.9 Å². The zero-order valence-corrected chi connectivity index (χ0v) is 12.3. The van der Waals surface area contributed by atoms with Gasteiger partial charge in [-0.3, -0.25) is 0 Å². The Morgan fingerprint density at radius 3 is 2.42 bits per heavy atom. The number of nitriles is 1. The van der Waals surface area contributed by atoms with Crippen LogP contribution in [0, 0.1) is 22.6 Å². The zero-order chi connectivity index (χ0) is 14.8. The van der Waals surface area contributed by atoms with Gasteiger partial charge in [-0.25, -0.2) is 17.1 Å². The first-order valence-corrected chi connectivity index (χ1v) is 7.18. The average Bonchev–Trinajstić information content (AvgIpc) is 2.27. The summed E-state index contributed by atoms with van der Waals surface area (Å²) in [6, 6.07) is 4.86. The van der Waals surface area contributed by atoms with Crippen molar-refractivity contribution in [3.05, 3.63) is 29.6 Å². The highest BCUT2D eigenvalue weighted by Crippen LogP contribution is 2.22. The van der Waals surface area contributed by atoms with Gasteiger partial charge in [-0.05, 0) is 23.6 Å². The predicted octanol–water partition coefficient (Wildman–Crippen LogP) is 2.36. The molecule has 1 aromatic rings. The third kappa shape index (κ3) is 3.75. The van der Waals surface area contributed by atoms with Gasteiger partial charge in [-0.2, -0.15) is 5.26 Å². The molecule has 6 heteroatoms. The Labute approximate surface area is 113 Å². The second-order valence-electron chi connectivity index (χ2n) is 5.58. The molecule has 0 aliphatic rings. The minimum Gasteiger partial charge on any atom is -0.207 e. The van der Waals surface area contributed by atoms with Crippen molar-refractivity contribution in [3.63, 3.8) is 0 Å². The van der Waals surface area contributed by atoms with Crippen molar-refractivity contribution in [1.29, 1.82) is 5.26 Å². The van der Waals surface area contributed by atoms with Crippen LogP contribution in [0.3, 0.4) is 0 Å². The van der Waals surface area contributed by atoms with Crippen molar-refractivity contribution >= 4 is 10.0 Å². The minimum absolute atomic E-state index is 0.0720. The maximum absolute atomic E-state index is 13.2. The number of hydrogen-bond acceptors (Lipinski definition) is 3. The summed E-state index contributed by atoms with van der Waals surface area (Å²) in [7, 11) is -2.24. The standard InChI is InChI=1S/C13H17FN2O2S/c1-13(2,3)9-16(4)19(17,18)11-5-6-12(14)10(7-11)8-15/h5-7H,9H2,1-4H3. The smallest absolute Gasteiger partial charge is 0.207 e. The number of rotatable bonds is 3. The first-order chi connectivity index (χ1) is 8.58. The zero-order valence-electron chi connectivity index (χ0n) is 11.4. The molecule has 104 valence electrons. The Balaban J connectivity index is 3.18. The average molecular weight is 284 g/mol. The quantitative estimate of drug-likeness (QED) is 0.856. The van der Waals surface area contributed by atoms with Crippen LogP contribution in [0.5, 0.6) is 0 Å². The lowest BCUT2D eigenvalue weighted by atomic mass is 9.97. The van der Waals surface area contributed by atoms with Gasteiger partial charge in [0.15, 0.2) is 0 Å². The Kier molecular flexibility index (Phi) is 4.33. The van der Waals surface area contributed by atoms with Crippen LogP contribution in [-0.4, -0.2) is 26.3 Å². The van der Waals surface area contributed by atoms with Gasteiger partial charge in [0.2, 0.25) is 10.0 Å². The van der Waals surface area contributed by atoms with E-state index in [9.17, 15) is 12.8 Å². The second kappa shape index (κ2) is 5.27. The van der Waals surface area contributed by atoms with E-state index in [1.807, 2.05) is 20.8 Å². The summed E-state index contributed by atoms with van der Waals surface area (Å²) >= 11 is 0. The van der Waals surface area contributed by atoms with E-state index in [1.54, 1.807) is 6.07 Å². The molecule has 0 fully saturated rings. The second-order valence-corrected chi connectivity index (χ2v) is 7.62. The SMILES string of the molecule is CN(CC(C)(C)C)S(=O)(=O)c1ccc(F)c(C#N)c1. The Morgan fingerprint density at radius 2 is 1.95 bits per heavy atom. The first kappa shape index (κ1) is 15.6. The molecule has 19 heavy (non-hydrogen) atoms. The molecule has 0 atom stereocenters. The molecule has 0 saturated carbocycles. The molecule has 4 nitrogen and oxygen atoms in total. The molecule has 0 aromatic heterocycles. The maximum Gasteiger partial charge on any atom is 0.242 e. The maximum atomic E-state index is 13.2. The normalized spacial score (nSPS) is 12.5. The van der Waals surface area contributed by atoms with Crippen LogP contribution in [0.2, 0.25) is 0 Å². The van der Waals surface area contributed by atoms with E-state index in [4.69, 9.17) is 5.26 Å². The topological polar surface area (TPSA) is 61.2 Å². The van der Waals surface area contributed by atoms with Crippen molar-refractivity contribution in [2.75, 3.05) is 13.6 Å². The van der Waals surface area contributed by atoms with Crippen LogP contribution in [0.1, 0.15) is 26.3 Å². The van der Waals surface area contributed by atoms with E-state index < -0.39 is 15.8 Å². The largest absolute Gasteiger partial charge is 0.242 e. The molecule has 0 saturated heterocycles. The lowest BCUT2D eigenvalue weighted by Crippen LogP contribution is -2.34. The molecular formula is C13H17FN2O2S. The van der Waals surface area contributed by atoms with E-state index in [2.05, 4.69) is 0 Å². The molecule has 1 rings (SSSR count). The minimum atomic E-state index is -3.71. The molecule has 0 amide bonds. The molecule has 0 radical (unpaired) electrons. The highest BCUT2D eigenvalue weighted by atomic mass is 32.2. The number of nitrogens with zero attached hydrogens (tertiary/aromatic N) is 2. The predicted molar refractivity (Wildman–Crippen MR) is 70.4 cm³/mol. The molecule has 0 N–H and O–H groups in total. The molecular weight excluding hydrogens is 267 g/mol. The van der Waals surface area contributed by atoms with Crippen molar-refractivity contribution in [3.8, 4) is 6.07 Å². The third-order valence-corrected chi connectivity index (χ3v) is 4.26. The van der Waals surface area contributed by atoms with Gasteiger partial charge < -0.3 is 0 Å². The molecule has 0 aliphatic carbocycles. The Morgan fingerprint density at radius 1 is 1.37 bits per heavy atom. The fourth-order valence-electron chi connectivity index (χ4n) is 1.68. The summed E-state index contributed by atoms with van der Waals surface area (Å²) in [5.41, 5.74) is -0.467. The van der Waals surface area contributed by atoms with Gasteiger partial charge >= 0.3 is 0 Å². The van der Waals surface area contributed by atoms with Crippen LogP contribution in [0.4, 0.5) is 4.39 Å². The lowest BCUT2D eigenvalue weighted by Gasteiger charge is -2.26. The van der Waals surface area contributed by atoms with Crippen molar-refractivity contribution < 1.29 is 12.8 Å². The first-order valence-electron chi connectivity index (χ1n) is 5.74. The summed E-state index contributed by atoms with van der Waals surface area (Å²) in [5.74, 6) is -0.722. The summed E-state index contributed by atoms with van der Waals surface area (Å²) in [4.78, 5) is -0.0720. The molecule has 0 heterocycles. The van der Waals surface area contributed by atoms with E-state index in [0.717, 1.165) is 12.1 Å². The third-order valence-electron chi connectivity index (χ3n) is 2.46. The lowest BCUT2D eigenvalue weighted by molar-refractivity contribution is 0.311. The molecule has 0 spiro atoms. The fourth-order valence-corrected chi connectivity index (χ4v) is 3.11. The van der Waals surface area contributed by atoms with Crippen molar-refractivity contribution in [1.82, 2.24) is 4.31 Å². The van der Waals surface area contributed by atoms with E-state index in [1.165, 1.54) is 17.4 Å². The fraction of sp³-hybridized carbons (Fsp3) is 0.462. The van der Waals surface area contributed by atoms with Crippen molar-refractivity contribution in [2.24, 2.45) is 5.41 Å².